The number of nitrogens with two attached hydrogens (primary N) is 1. The van der Waals surface area contributed by atoms with Crippen LogP contribution < -0.4 is 10.6 Å². The van der Waals surface area contributed by atoms with Crippen LogP contribution in [-0.2, 0) is 12.8 Å². The molecule has 0 radical (unpaired) electrons. The van der Waals surface area contributed by atoms with Gasteiger partial charge in [0.2, 0.25) is 5.95 Å². The molecule has 3 aliphatic rings. The van der Waals surface area contributed by atoms with Gasteiger partial charge in [-0.15, -0.1) is 0 Å². The summed E-state index contributed by atoms with van der Waals surface area (Å²) in [6, 6.07) is 0.438. The second-order valence-corrected chi connectivity index (χ2v) is 7.25. The lowest BCUT2D eigenvalue weighted by Gasteiger charge is -2.34. The van der Waals surface area contributed by atoms with Crippen molar-refractivity contribution in [1.29, 1.82) is 0 Å². The summed E-state index contributed by atoms with van der Waals surface area (Å²) in [6.45, 7) is 1.77. The van der Waals surface area contributed by atoms with Crippen LogP contribution in [0.25, 0.3) is 0 Å². The molecule has 0 amide bonds. The molecule has 1 saturated heterocycles. The van der Waals surface area contributed by atoms with Gasteiger partial charge < -0.3 is 10.6 Å². The molecule has 2 fully saturated rings. The summed E-state index contributed by atoms with van der Waals surface area (Å²) in [5, 5.41) is 0. The Bertz CT molecular complexity index is 522. The molecule has 1 aromatic heterocycles. The minimum atomic E-state index is 0.438. The highest BCUT2D eigenvalue weighted by molar-refractivity contribution is 5.37. The third-order valence-corrected chi connectivity index (χ3v) is 5.97. The number of hydrogen-bond acceptors (Lipinski definition) is 4. The maximum Gasteiger partial charge on any atom is 0.225 e. The molecular formula is C17H26N4. The topological polar surface area (TPSA) is 55.0 Å². The Morgan fingerprint density at radius 2 is 2.10 bits per heavy atom. The van der Waals surface area contributed by atoms with Gasteiger partial charge in [-0.2, -0.15) is 0 Å². The van der Waals surface area contributed by atoms with Crippen molar-refractivity contribution in [2.75, 3.05) is 18.0 Å². The van der Waals surface area contributed by atoms with E-state index in [9.17, 15) is 0 Å². The van der Waals surface area contributed by atoms with Crippen molar-refractivity contribution in [3.8, 4) is 0 Å². The summed E-state index contributed by atoms with van der Waals surface area (Å²) >= 11 is 0. The van der Waals surface area contributed by atoms with E-state index in [0.717, 1.165) is 18.9 Å². The average Bonchev–Trinajstić information content (AvgIpc) is 3.16. The number of nitrogens with zero attached hydrogens (tertiary/aromatic N) is 3. The first-order chi connectivity index (χ1) is 10.3. The van der Waals surface area contributed by atoms with Gasteiger partial charge in [-0.25, -0.2) is 9.97 Å². The molecule has 1 aliphatic heterocycles. The first-order valence-corrected chi connectivity index (χ1v) is 8.61. The minimum absolute atomic E-state index is 0.438. The highest BCUT2D eigenvalue weighted by Gasteiger charge is 2.38. The Hall–Kier alpha value is -1.16. The van der Waals surface area contributed by atoms with Crippen molar-refractivity contribution in [1.82, 2.24) is 9.97 Å². The fourth-order valence-corrected chi connectivity index (χ4v) is 4.71. The average molecular weight is 286 g/mol. The molecule has 1 saturated carbocycles. The number of anilines is 1. The Labute approximate surface area is 127 Å². The molecule has 0 aromatic carbocycles. The molecule has 0 bridgehead atoms. The summed E-state index contributed by atoms with van der Waals surface area (Å²) in [4.78, 5) is 11.9. The predicted octanol–water partition coefficient (Wildman–Crippen LogP) is 2.45. The van der Waals surface area contributed by atoms with Crippen LogP contribution in [0, 0.1) is 5.41 Å². The fourth-order valence-electron chi connectivity index (χ4n) is 4.71. The highest BCUT2D eigenvalue weighted by atomic mass is 15.3. The van der Waals surface area contributed by atoms with E-state index in [-0.39, 0.29) is 0 Å². The SMILES string of the molecule is NCC1CCCN1c1ncc2c(n1)CCC1(CCCC1)C2. The van der Waals surface area contributed by atoms with Crippen molar-refractivity contribution >= 4 is 5.95 Å². The smallest absolute Gasteiger partial charge is 0.225 e. The van der Waals surface area contributed by atoms with Gasteiger partial charge in [0.05, 0.1) is 0 Å². The molecule has 2 aliphatic carbocycles. The van der Waals surface area contributed by atoms with Crippen molar-refractivity contribution in [3.63, 3.8) is 0 Å². The van der Waals surface area contributed by atoms with Crippen LogP contribution in [0.4, 0.5) is 5.95 Å². The maximum atomic E-state index is 5.88. The van der Waals surface area contributed by atoms with Gasteiger partial charge in [-0.05, 0) is 55.9 Å². The van der Waals surface area contributed by atoms with Crippen LogP contribution in [0.5, 0.6) is 0 Å². The second-order valence-electron chi connectivity index (χ2n) is 7.25. The lowest BCUT2D eigenvalue weighted by atomic mass is 9.72. The van der Waals surface area contributed by atoms with Crippen molar-refractivity contribution in [2.45, 2.75) is 63.8 Å². The lowest BCUT2D eigenvalue weighted by molar-refractivity contribution is 0.252. The summed E-state index contributed by atoms with van der Waals surface area (Å²) in [5.41, 5.74) is 9.19. The van der Waals surface area contributed by atoms with Crippen LogP contribution in [0.2, 0.25) is 0 Å². The minimum Gasteiger partial charge on any atom is -0.337 e. The van der Waals surface area contributed by atoms with Gasteiger partial charge in [0.15, 0.2) is 0 Å². The Morgan fingerprint density at radius 3 is 2.90 bits per heavy atom. The van der Waals surface area contributed by atoms with E-state index in [1.165, 1.54) is 62.6 Å². The van der Waals surface area contributed by atoms with Crippen LogP contribution >= 0.6 is 0 Å². The van der Waals surface area contributed by atoms with Crippen LogP contribution in [0.15, 0.2) is 6.20 Å². The molecule has 1 aromatic rings. The largest absolute Gasteiger partial charge is 0.337 e. The van der Waals surface area contributed by atoms with Crippen molar-refractivity contribution in [2.24, 2.45) is 11.1 Å². The van der Waals surface area contributed by atoms with Gasteiger partial charge in [0, 0.05) is 31.0 Å². The van der Waals surface area contributed by atoms with E-state index in [1.807, 2.05) is 0 Å². The number of rotatable bonds is 2. The quantitative estimate of drug-likeness (QED) is 0.907. The molecule has 1 spiro atoms. The van der Waals surface area contributed by atoms with Crippen molar-refractivity contribution in [3.05, 3.63) is 17.5 Å². The Kier molecular flexibility index (Phi) is 3.37. The first kappa shape index (κ1) is 13.5. The van der Waals surface area contributed by atoms with Gasteiger partial charge in [-0.3, -0.25) is 0 Å². The standard InChI is InChI=1S/C17H26N4/c18-11-14-4-3-9-21(14)16-19-12-13-10-17(6-1-2-7-17)8-5-15(13)20-16/h12,14H,1-11,18H2. The zero-order valence-electron chi connectivity index (χ0n) is 12.9. The second kappa shape index (κ2) is 5.24. The molecule has 4 rings (SSSR count). The summed E-state index contributed by atoms with van der Waals surface area (Å²) < 4.78 is 0. The molecule has 1 atom stereocenters. The van der Waals surface area contributed by atoms with Crippen LogP contribution in [0.3, 0.4) is 0 Å². The van der Waals surface area contributed by atoms with Crippen molar-refractivity contribution < 1.29 is 0 Å². The van der Waals surface area contributed by atoms with Crippen LogP contribution in [0.1, 0.15) is 56.2 Å². The van der Waals surface area contributed by atoms with E-state index in [4.69, 9.17) is 10.7 Å². The molecule has 4 heteroatoms. The van der Waals surface area contributed by atoms with Gasteiger partial charge >= 0.3 is 0 Å². The first-order valence-electron chi connectivity index (χ1n) is 8.61. The number of hydrogen-bond donors (Lipinski definition) is 1. The highest BCUT2D eigenvalue weighted by Crippen LogP contribution is 2.47. The van der Waals surface area contributed by atoms with Gasteiger partial charge in [-0.1, -0.05) is 12.8 Å². The fraction of sp³-hybridized carbons (Fsp3) is 0.765. The van der Waals surface area contributed by atoms with E-state index >= 15 is 0 Å². The maximum absolute atomic E-state index is 5.88. The molecular weight excluding hydrogens is 260 g/mol. The van der Waals surface area contributed by atoms with E-state index in [2.05, 4.69) is 16.1 Å². The van der Waals surface area contributed by atoms with E-state index in [1.54, 1.807) is 0 Å². The number of fused-ring (bicyclic) bond motifs is 1. The third-order valence-electron chi connectivity index (χ3n) is 5.97. The van der Waals surface area contributed by atoms with Gasteiger partial charge in [0.25, 0.3) is 0 Å². The normalized spacial score (nSPS) is 27.3. The zero-order valence-corrected chi connectivity index (χ0v) is 12.9. The molecule has 21 heavy (non-hydrogen) atoms. The van der Waals surface area contributed by atoms with Crippen LogP contribution in [-0.4, -0.2) is 29.1 Å². The third kappa shape index (κ3) is 2.33. The molecule has 4 nitrogen and oxygen atoms in total. The molecule has 114 valence electrons. The van der Waals surface area contributed by atoms with E-state index < -0.39 is 0 Å². The lowest BCUT2D eigenvalue weighted by Crippen LogP contribution is -2.37. The molecule has 1 unspecified atom stereocenters. The monoisotopic (exact) mass is 286 g/mol. The molecule has 2 N–H and O–H groups in total. The summed E-state index contributed by atoms with van der Waals surface area (Å²) in [7, 11) is 0. The summed E-state index contributed by atoms with van der Waals surface area (Å²) in [6.07, 6.45) is 13.9. The van der Waals surface area contributed by atoms with Gasteiger partial charge in [0.1, 0.15) is 0 Å². The molecule has 2 heterocycles. The Balaban J connectivity index is 1.58. The zero-order chi connectivity index (χ0) is 14.3. The van der Waals surface area contributed by atoms with E-state index in [0.29, 0.717) is 18.0 Å². The predicted molar refractivity (Wildman–Crippen MR) is 84.4 cm³/mol. The number of aryl methyl sites for hydroxylation is 1. The summed E-state index contributed by atoms with van der Waals surface area (Å²) in [5.74, 6) is 0.920. The number of aromatic nitrogens is 2. The Morgan fingerprint density at radius 1 is 1.24 bits per heavy atom.